The zero-order chi connectivity index (χ0) is 15.9. The Labute approximate surface area is 128 Å². The van der Waals surface area contributed by atoms with E-state index in [9.17, 15) is 18.0 Å². The van der Waals surface area contributed by atoms with Crippen LogP contribution in [0.2, 0.25) is 5.02 Å². The molecular formula is C15H9ClF3NO2. The van der Waals surface area contributed by atoms with Crippen molar-refractivity contribution in [3.05, 3.63) is 52.5 Å². The lowest BCUT2D eigenvalue weighted by molar-refractivity contribution is -0.137. The summed E-state index contributed by atoms with van der Waals surface area (Å²) in [6.07, 6.45) is -4.25. The molecule has 1 aliphatic rings. The highest BCUT2D eigenvalue weighted by Crippen LogP contribution is 2.37. The molecule has 114 valence electrons. The molecule has 7 heteroatoms. The number of alkyl halides is 3. The Balaban J connectivity index is 1.84. The van der Waals surface area contributed by atoms with Crippen LogP contribution < -0.4 is 10.1 Å². The molecule has 0 saturated carbocycles. The fourth-order valence-electron chi connectivity index (χ4n) is 2.19. The summed E-state index contributed by atoms with van der Waals surface area (Å²) in [6.45, 7) is 0. The number of benzene rings is 2. The van der Waals surface area contributed by atoms with E-state index in [1.807, 2.05) is 0 Å². The molecule has 0 fully saturated rings. The standard InChI is InChI=1S/C15H9ClF3NO2/c16-12-7-10(1-3-11(12)15(17,18)19)22-9-2-4-13-8(5-9)6-14(21)20-13/h1-5,7H,6H2,(H,20,21). The Morgan fingerprint density at radius 1 is 1.09 bits per heavy atom. The molecule has 0 unspecified atom stereocenters. The third kappa shape index (κ3) is 2.87. The molecule has 0 aromatic heterocycles. The average Bonchev–Trinajstić information content (AvgIpc) is 2.76. The molecule has 1 N–H and O–H groups in total. The lowest BCUT2D eigenvalue weighted by Gasteiger charge is -2.11. The fraction of sp³-hybridized carbons (Fsp3) is 0.133. The van der Waals surface area contributed by atoms with Gasteiger partial charge in [-0.05, 0) is 35.9 Å². The van der Waals surface area contributed by atoms with Crippen molar-refractivity contribution in [2.45, 2.75) is 12.6 Å². The summed E-state index contributed by atoms with van der Waals surface area (Å²) in [5.41, 5.74) is 0.577. The Bertz CT molecular complexity index is 759. The third-order valence-electron chi connectivity index (χ3n) is 3.18. The molecule has 0 atom stereocenters. The van der Waals surface area contributed by atoms with Crippen LogP contribution >= 0.6 is 11.6 Å². The first-order chi connectivity index (χ1) is 10.3. The monoisotopic (exact) mass is 327 g/mol. The van der Waals surface area contributed by atoms with Crippen LogP contribution in [0.3, 0.4) is 0 Å². The highest BCUT2D eigenvalue weighted by Gasteiger charge is 2.33. The minimum atomic E-state index is -4.50. The Morgan fingerprint density at radius 3 is 2.45 bits per heavy atom. The molecule has 22 heavy (non-hydrogen) atoms. The number of fused-ring (bicyclic) bond motifs is 1. The van der Waals surface area contributed by atoms with E-state index in [4.69, 9.17) is 16.3 Å². The number of hydrogen-bond donors (Lipinski definition) is 1. The zero-order valence-corrected chi connectivity index (χ0v) is 11.8. The van der Waals surface area contributed by atoms with Crippen molar-refractivity contribution in [3.63, 3.8) is 0 Å². The number of halogens is 4. The molecule has 0 bridgehead atoms. The highest BCUT2D eigenvalue weighted by molar-refractivity contribution is 6.31. The maximum absolute atomic E-state index is 12.6. The van der Waals surface area contributed by atoms with Crippen LogP contribution in [0.5, 0.6) is 11.5 Å². The number of amides is 1. The molecule has 2 aromatic carbocycles. The molecule has 0 saturated heterocycles. The molecule has 0 radical (unpaired) electrons. The second-order valence-electron chi connectivity index (χ2n) is 4.79. The maximum atomic E-state index is 12.6. The van der Waals surface area contributed by atoms with Crippen LogP contribution in [0.15, 0.2) is 36.4 Å². The number of rotatable bonds is 2. The molecular weight excluding hydrogens is 319 g/mol. The molecule has 3 rings (SSSR count). The van der Waals surface area contributed by atoms with Gasteiger partial charge in [-0.15, -0.1) is 0 Å². The quantitative estimate of drug-likeness (QED) is 0.872. The lowest BCUT2D eigenvalue weighted by atomic mass is 10.1. The van der Waals surface area contributed by atoms with Gasteiger partial charge in [0, 0.05) is 11.8 Å². The molecule has 0 aliphatic carbocycles. The fourth-order valence-corrected chi connectivity index (χ4v) is 2.47. The first kappa shape index (κ1) is 14.7. The van der Waals surface area contributed by atoms with E-state index in [1.165, 1.54) is 6.07 Å². The van der Waals surface area contributed by atoms with Gasteiger partial charge in [-0.1, -0.05) is 11.6 Å². The predicted molar refractivity (Wildman–Crippen MR) is 75.3 cm³/mol. The van der Waals surface area contributed by atoms with Crippen LogP contribution in [0, 0.1) is 0 Å². The largest absolute Gasteiger partial charge is 0.457 e. The van der Waals surface area contributed by atoms with Gasteiger partial charge < -0.3 is 10.1 Å². The van der Waals surface area contributed by atoms with E-state index >= 15 is 0 Å². The Morgan fingerprint density at radius 2 is 1.77 bits per heavy atom. The van der Waals surface area contributed by atoms with Gasteiger partial charge in [0.15, 0.2) is 0 Å². The van der Waals surface area contributed by atoms with Crippen molar-refractivity contribution in [1.29, 1.82) is 0 Å². The third-order valence-corrected chi connectivity index (χ3v) is 3.50. The number of anilines is 1. The van der Waals surface area contributed by atoms with Crippen LogP contribution in [-0.4, -0.2) is 5.91 Å². The van der Waals surface area contributed by atoms with Crippen molar-refractivity contribution in [1.82, 2.24) is 0 Å². The maximum Gasteiger partial charge on any atom is 0.417 e. The number of carbonyl (C=O) groups is 1. The van der Waals surface area contributed by atoms with Gasteiger partial charge in [-0.25, -0.2) is 0 Å². The van der Waals surface area contributed by atoms with Gasteiger partial charge in [-0.2, -0.15) is 13.2 Å². The normalized spacial score (nSPS) is 13.7. The SMILES string of the molecule is O=C1Cc2cc(Oc3ccc(C(F)(F)F)c(Cl)c3)ccc2N1. The summed E-state index contributed by atoms with van der Waals surface area (Å²) in [6, 6.07) is 8.15. The van der Waals surface area contributed by atoms with Gasteiger partial charge >= 0.3 is 6.18 Å². The second kappa shape index (κ2) is 5.21. The highest BCUT2D eigenvalue weighted by atomic mass is 35.5. The van der Waals surface area contributed by atoms with E-state index in [-0.39, 0.29) is 18.1 Å². The summed E-state index contributed by atoms with van der Waals surface area (Å²) in [5.74, 6) is 0.506. The second-order valence-corrected chi connectivity index (χ2v) is 5.19. The van der Waals surface area contributed by atoms with Gasteiger partial charge in [0.05, 0.1) is 17.0 Å². The van der Waals surface area contributed by atoms with E-state index in [2.05, 4.69) is 5.32 Å². The minimum Gasteiger partial charge on any atom is -0.457 e. The minimum absolute atomic E-state index is 0.107. The number of carbonyl (C=O) groups excluding carboxylic acids is 1. The summed E-state index contributed by atoms with van der Waals surface area (Å²) in [7, 11) is 0. The molecule has 1 amide bonds. The Kier molecular flexibility index (Phi) is 3.48. The predicted octanol–water partition coefficient (Wildman–Crippen LogP) is 4.65. The van der Waals surface area contributed by atoms with E-state index in [1.54, 1.807) is 18.2 Å². The summed E-state index contributed by atoms with van der Waals surface area (Å²) >= 11 is 5.64. The summed E-state index contributed by atoms with van der Waals surface area (Å²) < 4.78 is 43.4. The smallest absolute Gasteiger partial charge is 0.417 e. The van der Waals surface area contributed by atoms with Crippen LogP contribution in [-0.2, 0) is 17.4 Å². The van der Waals surface area contributed by atoms with Gasteiger partial charge in [0.1, 0.15) is 11.5 Å². The van der Waals surface area contributed by atoms with Crippen molar-refractivity contribution >= 4 is 23.2 Å². The molecule has 2 aromatic rings. The number of ether oxygens (including phenoxy) is 1. The average molecular weight is 328 g/mol. The van der Waals surface area contributed by atoms with Crippen LogP contribution in [0.4, 0.5) is 18.9 Å². The van der Waals surface area contributed by atoms with E-state index in [0.29, 0.717) is 11.4 Å². The van der Waals surface area contributed by atoms with Gasteiger partial charge in [0.25, 0.3) is 0 Å². The number of nitrogens with one attached hydrogen (secondary N) is 1. The number of hydrogen-bond acceptors (Lipinski definition) is 2. The molecule has 3 nitrogen and oxygen atoms in total. The zero-order valence-electron chi connectivity index (χ0n) is 11.0. The van der Waals surface area contributed by atoms with Crippen molar-refractivity contribution < 1.29 is 22.7 Å². The summed E-state index contributed by atoms with van der Waals surface area (Å²) in [4.78, 5) is 11.3. The van der Waals surface area contributed by atoms with Crippen molar-refractivity contribution in [2.75, 3.05) is 5.32 Å². The lowest BCUT2D eigenvalue weighted by Crippen LogP contribution is -2.05. The first-order valence-electron chi connectivity index (χ1n) is 6.30. The molecule has 1 aliphatic heterocycles. The van der Waals surface area contributed by atoms with Crippen molar-refractivity contribution in [2.24, 2.45) is 0 Å². The van der Waals surface area contributed by atoms with Crippen LogP contribution in [0.25, 0.3) is 0 Å². The topological polar surface area (TPSA) is 38.3 Å². The molecule has 0 spiro atoms. The van der Waals surface area contributed by atoms with E-state index < -0.39 is 16.8 Å². The Hall–Kier alpha value is -2.21. The van der Waals surface area contributed by atoms with Gasteiger partial charge in [-0.3, -0.25) is 4.79 Å². The van der Waals surface area contributed by atoms with E-state index in [0.717, 1.165) is 17.7 Å². The van der Waals surface area contributed by atoms with Crippen LogP contribution in [0.1, 0.15) is 11.1 Å². The summed E-state index contributed by atoms with van der Waals surface area (Å²) in [5, 5.41) is 2.25. The molecule has 1 heterocycles. The first-order valence-corrected chi connectivity index (χ1v) is 6.68. The van der Waals surface area contributed by atoms with Crippen molar-refractivity contribution in [3.8, 4) is 11.5 Å². The van der Waals surface area contributed by atoms with Gasteiger partial charge in [0.2, 0.25) is 5.91 Å².